The van der Waals surface area contributed by atoms with E-state index in [1.54, 1.807) is 0 Å². The average molecular weight is 402 g/mol. The second kappa shape index (κ2) is 7.67. The van der Waals surface area contributed by atoms with E-state index in [0.717, 1.165) is 33.8 Å². The lowest BCUT2D eigenvalue weighted by molar-refractivity contribution is -0.151. The van der Waals surface area contributed by atoms with Gasteiger partial charge >= 0.3 is 0 Å². The van der Waals surface area contributed by atoms with Crippen molar-refractivity contribution in [1.29, 1.82) is 0 Å². The second-order valence-corrected chi connectivity index (χ2v) is 10.2. The summed E-state index contributed by atoms with van der Waals surface area (Å²) in [7, 11) is -0.384. The van der Waals surface area contributed by atoms with Crippen LogP contribution in [0.25, 0.3) is 0 Å². The van der Waals surface area contributed by atoms with Crippen LogP contribution in [-0.4, -0.2) is 0 Å². The van der Waals surface area contributed by atoms with E-state index in [2.05, 4.69) is 79.7 Å². The van der Waals surface area contributed by atoms with Gasteiger partial charge in [0.05, 0.1) is 0 Å². The topological polar surface area (TPSA) is 36.9 Å². The number of benzene rings is 2. The van der Waals surface area contributed by atoms with Gasteiger partial charge in [-0.05, 0) is 24.7 Å². The highest BCUT2D eigenvalue weighted by Crippen LogP contribution is 2.42. The van der Waals surface area contributed by atoms with Crippen molar-refractivity contribution in [2.24, 2.45) is 0 Å². The summed E-state index contributed by atoms with van der Waals surface area (Å²) in [6.45, 7) is 17.3. The van der Waals surface area contributed by atoms with Crippen molar-refractivity contribution in [3.8, 4) is 11.5 Å². The summed E-state index contributed by atoms with van der Waals surface area (Å²) in [6, 6.07) is 8.68. The molecule has 0 aromatic heterocycles. The van der Waals surface area contributed by atoms with Crippen LogP contribution in [0.2, 0.25) is 0 Å². The summed E-state index contributed by atoms with van der Waals surface area (Å²) in [5.74, 6) is 1.56. The molecule has 4 nitrogen and oxygen atoms in total. The number of rotatable bonds is 0. The lowest BCUT2D eigenvalue weighted by atomic mass is 9.81. The van der Waals surface area contributed by atoms with E-state index >= 15 is 0 Å². The monoisotopic (exact) mass is 402 g/mol. The molecule has 152 valence electrons. The van der Waals surface area contributed by atoms with Crippen molar-refractivity contribution in [2.75, 3.05) is 0 Å². The minimum Gasteiger partial charge on any atom is -0.331 e. The van der Waals surface area contributed by atoms with E-state index < -0.39 is 0 Å². The summed E-state index contributed by atoms with van der Waals surface area (Å²) in [4.78, 5) is 11.5. The molecule has 0 amide bonds. The van der Waals surface area contributed by atoms with Crippen LogP contribution in [0, 0.1) is 13.8 Å². The Balaban J connectivity index is 2.23. The zero-order chi connectivity index (χ0) is 20.7. The van der Waals surface area contributed by atoms with Gasteiger partial charge in [-0.1, -0.05) is 76.9 Å². The highest BCUT2D eigenvalue weighted by atomic mass is 31.1. The van der Waals surface area contributed by atoms with Crippen molar-refractivity contribution in [3.63, 3.8) is 0 Å². The molecule has 5 heteroatoms. The van der Waals surface area contributed by atoms with Crippen molar-refractivity contribution in [2.45, 2.75) is 72.6 Å². The molecule has 0 saturated heterocycles. The normalized spacial score (nSPS) is 15.1. The maximum atomic E-state index is 5.73. The van der Waals surface area contributed by atoms with Crippen LogP contribution in [0.4, 0.5) is 0 Å². The Kier molecular flexibility index (Phi) is 5.78. The van der Waals surface area contributed by atoms with Crippen LogP contribution >= 0.6 is 9.03 Å². The summed E-state index contributed by atoms with van der Waals surface area (Å²) in [5, 5.41) is 0. The van der Waals surface area contributed by atoms with Crippen molar-refractivity contribution in [1.82, 2.24) is 0 Å². The number of hydrogen-bond donors (Lipinski definition) is 0. The smallest absolute Gasteiger partial charge is 0.258 e. The highest BCUT2D eigenvalue weighted by molar-refractivity contribution is 7.25. The van der Waals surface area contributed by atoms with Crippen LogP contribution in [-0.2, 0) is 26.6 Å². The molecule has 2 aromatic rings. The van der Waals surface area contributed by atoms with Crippen LogP contribution in [0.5, 0.6) is 11.5 Å². The summed E-state index contributed by atoms with van der Waals surface area (Å²) in [5.41, 5.74) is 6.69. The Bertz CT molecular complexity index is 804. The minimum atomic E-state index is -0.384. The van der Waals surface area contributed by atoms with E-state index in [-0.39, 0.29) is 19.9 Å². The molecule has 0 saturated carbocycles. The maximum Gasteiger partial charge on any atom is 0.258 e. The maximum absolute atomic E-state index is 5.73. The van der Waals surface area contributed by atoms with E-state index in [1.807, 2.05) is 0 Å². The molecule has 28 heavy (non-hydrogen) atoms. The van der Waals surface area contributed by atoms with Gasteiger partial charge in [-0.3, -0.25) is 0 Å². The van der Waals surface area contributed by atoms with E-state index in [1.165, 1.54) is 11.1 Å². The van der Waals surface area contributed by atoms with Crippen LogP contribution in [0.1, 0.15) is 74.9 Å². The number of hydrogen-bond acceptors (Lipinski definition) is 4. The SMILES string of the molecule is Cc1cc2c(c(C(C)(C)C)c1)OOPOOc1c(cc(C)cc1C(C)(C)C)C2. The summed E-state index contributed by atoms with van der Waals surface area (Å²) < 4.78 is 10.7. The molecule has 1 aliphatic heterocycles. The standard InChI is InChI=1S/C23H31O4P/c1-14-9-16-13-17-10-15(2)12-19(23(6,7)8)21(17)25-27-28-26-24-20(16)18(11-14)22(3,4)5/h9-12,28H,13H2,1-8H3. The molecular formula is C23H31O4P. The fourth-order valence-corrected chi connectivity index (χ4v) is 3.87. The van der Waals surface area contributed by atoms with Crippen molar-refractivity contribution < 1.29 is 19.1 Å². The van der Waals surface area contributed by atoms with Crippen LogP contribution in [0.15, 0.2) is 24.3 Å². The van der Waals surface area contributed by atoms with E-state index in [9.17, 15) is 0 Å². The first kappa shape index (κ1) is 21.1. The molecular weight excluding hydrogens is 371 g/mol. The molecule has 0 spiro atoms. The van der Waals surface area contributed by atoms with Gasteiger partial charge in [0.2, 0.25) is 0 Å². The highest BCUT2D eigenvalue weighted by Gasteiger charge is 2.27. The Morgan fingerprint density at radius 2 is 1.07 bits per heavy atom. The number of fused-ring (bicyclic) bond motifs is 2. The Morgan fingerprint density at radius 1 is 0.679 bits per heavy atom. The summed E-state index contributed by atoms with van der Waals surface area (Å²) in [6.07, 6.45) is 0.677. The van der Waals surface area contributed by atoms with Gasteiger partial charge in [0.1, 0.15) is 0 Å². The zero-order valence-corrected chi connectivity index (χ0v) is 19.1. The average Bonchev–Trinajstić information content (AvgIpc) is 2.55. The van der Waals surface area contributed by atoms with E-state index in [4.69, 9.17) is 19.1 Å². The van der Waals surface area contributed by atoms with Gasteiger partial charge < -0.3 is 9.78 Å². The second-order valence-electron chi connectivity index (χ2n) is 9.69. The van der Waals surface area contributed by atoms with Gasteiger partial charge in [0.25, 0.3) is 9.03 Å². The quantitative estimate of drug-likeness (QED) is 0.366. The Labute approximate surface area is 170 Å². The van der Waals surface area contributed by atoms with Crippen LogP contribution < -0.4 is 9.78 Å². The van der Waals surface area contributed by atoms with Gasteiger partial charge in [0.15, 0.2) is 11.5 Å². The largest absolute Gasteiger partial charge is 0.331 e. The first-order chi connectivity index (χ1) is 13.0. The van der Waals surface area contributed by atoms with Crippen molar-refractivity contribution in [3.05, 3.63) is 57.6 Å². The summed E-state index contributed by atoms with van der Waals surface area (Å²) >= 11 is 0. The zero-order valence-electron chi connectivity index (χ0n) is 18.1. The predicted molar refractivity (Wildman–Crippen MR) is 114 cm³/mol. The minimum absolute atomic E-state index is 0.0734. The fraction of sp³-hybridized carbons (Fsp3) is 0.478. The van der Waals surface area contributed by atoms with Crippen molar-refractivity contribution >= 4 is 9.03 Å². The lowest BCUT2D eigenvalue weighted by Crippen LogP contribution is -2.17. The van der Waals surface area contributed by atoms with Gasteiger partial charge in [-0.15, -0.1) is 9.35 Å². The molecule has 0 fully saturated rings. The molecule has 0 atom stereocenters. The third-order valence-electron chi connectivity index (χ3n) is 4.94. The molecule has 0 N–H and O–H groups in total. The molecule has 2 aromatic carbocycles. The Morgan fingerprint density at radius 3 is 1.43 bits per heavy atom. The third kappa shape index (κ3) is 4.51. The van der Waals surface area contributed by atoms with Gasteiger partial charge in [-0.2, -0.15) is 0 Å². The Hall–Kier alpha value is -1.61. The van der Waals surface area contributed by atoms with Gasteiger partial charge in [0, 0.05) is 28.7 Å². The van der Waals surface area contributed by atoms with E-state index in [0.29, 0.717) is 6.42 Å². The molecule has 0 radical (unpaired) electrons. The lowest BCUT2D eigenvalue weighted by Gasteiger charge is -2.27. The molecule has 1 heterocycles. The van der Waals surface area contributed by atoms with Crippen LogP contribution in [0.3, 0.4) is 0 Å². The molecule has 0 unspecified atom stereocenters. The first-order valence-corrected chi connectivity index (χ1v) is 10.5. The molecule has 1 aliphatic rings. The third-order valence-corrected chi connectivity index (χ3v) is 5.24. The fourth-order valence-electron chi connectivity index (χ4n) is 3.61. The first-order valence-electron chi connectivity index (χ1n) is 9.67. The molecule has 0 aliphatic carbocycles. The van der Waals surface area contributed by atoms with Gasteiger partial charge in [-0.25, -0.2) is 0 Å². The predicted octanol–water partition coefficient (Wildman–Crippen LogP) is 6.63. The number of aryl methyl sites for hydroxylation is 2. The molecule has 3 rings (SSSR count). The molecule has 0 bridgehead atoms.